The smallest absolute Gasteiger partial charge is 0.472 e. The molecule has 0 aromatic rings. The number of phosphoric acid groups is 1. The topological polar surface area (TPSA) is 155 Å². The average Bonchev–Trinajstić information content (AvgIpc) is 3.09. The normalized spacial score (nSPS) is 14.3. The third-order valence-electron chi connectivity index (χ3n) is 8.48. The van der Waals surface area contributed by atoms with Crippen molar-refractivity contribution in [1.29, 1.82) is 0 Å². The number of phosphoric ester groups is 1. The predicted octanol–water partition coefficient (Wildman–Crippen LogP) is 10.4. The molecule has 0 aliphatic heterocycles. The zero-order valence-electron chi connectivity index (χ0n) is 31.7. The Balaban J connectivity index is 4.23. The predicted molar refractivity (Wildman–Crippen MR) is 203 cm³/mol. The van der Waals surface area contributed by atoms with Crippen molar-refractivity contribution in [2.75, 3.05) is 26.4 Å². The molecule has 0 amide bonds. The molecule has 3 unspecified atom stereocenters. The Kier molecular flexibility index (Phi) is 34.7. The van der Waals surface area contributed by atoms with Gasteiger partial charge in [-0.25, -0.2) is 4.57 Å². The molecule has 0 radical (unpaired) electrons. The minimum Gasteiger partial charge on any atom is -0.480 e. The number of allylic oxidation sites excluding steroid dienone is 4. The number of carbonyl (C=O) groups is 2. The van der Waals surface area contributed by atoms with Crippen molar-refractivity contribution >= 4 is 19.8 Å². The SMILES string of the molecule is CCCCC/C=C\C/C=C\CCCCCCCCCCOCC(COP(=O)(O)OCC(N)C(=O)O)OC(=O)CCCCCCCCCCCC. The van der Waals surface area contributed by atoms with Crippen molar-refractivity contribution in [1.82, 2.24) is 0 Å². The number of ether oxygens (including phenoxy) is 2. The van der Waals surface area contributed by atoms with Gasteiger partial charge in [0, 0.05) is 13.0 Å². The second kappa shape index (κ2) is 35.8. The van der Waals surface area contributed by atoms with Crippen LogP contribution in [0.15, 0.2) is 24.3 Å². The van der Waals surface area contributed by atoms with E-state index in [9.17, 15) is 19.0 Å². The van der Waals surface area contributed by atoms with Gasteiger partial charge < -0.3 is 25.2 Å². The van der Waals surface area contributed by atoms with Gasteiger partial charge in [-0.15, -0.1) is 0 Å². The van der Waals surface area contributed by atoms with Crippen LogP contribution in [0.5, 0.6) is 0 Å². The third kappa shape index (κ3) is 34.9. The highest BCUT2D eigenvalue weighted by Crippen LogP contribution is 2.43. The highest BCUT2D eigenvalue weighted by atomic mass is 31.2. The number of carboxylic acids is 1. The van der Waals surface area contributed by atoms with Gasteiger partial charge in [-0.05, 0) is 44.9 Å². The molecule has 0 rings (SSSR count). The zero-order chi connectivity index (χ0) is 37.0. The molecule has 0 aromatic carbocycles. The lowest BCUT2D eigenvalue weighted by atomic mass is 10.1. The number of carboxylic acid groups (broad SMARTS) is 1. The van der Waals surface area contributed by atoms with E-state index in [-0.39, 0.29) is 13.0 Å². The van der Waals surface area contributed by atoms with E-state index in [0.717, 1.165) is 44.9 Å². The van der Waals surface area contributed by atoms with Gasteiger partial charge in [0.1, 0.15) is 12.1 Å². The summed E-state index contributed by atoms with van der Waals surface area (Å²) >= 11 is 0. The first-order valence-electron chi connectivity index (χ1n) is 19.9. The van der Waals surface area contributed by atoms with E-state index < -0.39 is 45.1 Å². The van der Waals surface area contributed by atoms with Crippen LogP contribution >= 0.6 is 7.82 Å². The van der Waals surface area contributed by atoms with Gasteiger partial charge in [0.25, 0.3) is 0 Å². The first kappa shape index (κ1) is 48.5. The number of nitrogens with two attached hydrogens (primary N) is 1. The first-order chi connectivity index (χ1) is 24.2. The summed E-state index contributed by atoms with van der Waals surface area (Å²) in [7, 11) is -4.61. The second-order valence-electron chi connectivity index (χ2n) is 13.4. The Morgan fingerprint density at radius 3 is 1.66 bits per heavy atom. The quantitative estimate of drug-likeness (QED) is 0.0242. The third-order valence-corrected chi connectivity index (χ3v) is 9.43. The summed E-state index contributed by atoms with van der Waals surface area (Å²) in [5.41, 5.74) is 5.34. The summed E-state index contributed by atoms with van der Waals surface area (Å²) in [5, 5.41) is 8.86. The van der Waals surface area contributed by atoms with Gasteiger partial charge in [0.05, 0.1) is 19.8 Å². The van der Waals surface area contributed by atoms with Crippen LogP contribution in [0, 0.1) is 0 Å². The van der Waals surface area contributed by atoms with Crippen LogP contribution in [0.1, 0.15) is 174 Å². The number of hydrogen-bond donors (Lipinski definition) is 3. The Morgan fingerprint density at radius 1 is 0.640 bits per heavy atom. The molecule has 0 aliphatic carbocycles. The molecule has 0 spiro atoms. The molecule has 50 heavy (non-hydrogen) atoms. The lowest BCUT2D eigenvalue weighted by Crippen LogP contribution is -2.34. The molecule has 4 N–H and O–H groups in total. The molecule has 0 bridgehead atoms. The van der Waals surface area contributed by atoms with Gasteiger partial charge in [-0.2, -0.15) is 0 Å². The number of rotatable bonds is 38. The second-order valence-corrected chi connectivity index (χ2v) is 14.9. The van der Waals surface area contributed by atoms with E-state index in [1.54, 1.807) is 0 Å². The number of unbranched alkanes of at least 4 members (excludes halogenated alkanes) is 20. The highest BCUT2D eigenvalue weighted by molar-refractivity contribution is 7.47. The van der Waals surface area contributed by atoms with Crippen LogP contribution in [-0.4, -0.2) is 60.5 Å². The molecule has 0 aliphatic rings. The fourth-order valence-corrected chi connectivity index (χ4v) is 6.12. The van der Waals surface area contributed by atoms with E-state index in [1.165, 1.54) is 103 Å². The Morgan fingerprint density at radius 2 is 1.10 bits per heavy atom. The minimum atomic E-state index is -4.61. The minimum absolute atomic E-state index is 0.0160. The summed E-state index contributed by atoms with van der Waals surface area (Å²) < 4.78 is 33.2. The molecule has 10 nitrogen and oxygen atoms in total. The summed E-state index contributed by atoms with van der Waals surface area (Å²) in [4.78, 5) is 33.3. The van der Waals surface area contributed by atoms with Crippen LogP contribution in [-0.2, 0) is 32.7 Å². The molecule has 11 heteroatoms. The van der Waals surface area contributed by atoms with Gasteiger partial charge in [0.2, 0.25) is 0 Å². The Labute approximate surface area is 304 Å². The van der Waals surface area contributed by atoms with E-state index >= 15 is 0 Å². The van der Waals surface area contributed by atoms with E-state index in [4.69, 9.17) is 29.4 Å². The number of hydrogen-bond acceptors (Lipinski definition) is 8. The van der Waals surface area contributed by atoms with Crippen LogP contribution in [0.4, 0.5) is 0 Å². The first-order valence-corrected chi connectivity index (χ1v) is 21.4. The summed E-state index contributed by atoms with van der Waals surface area (Å²) in [6.07, 6.45) is 36.6. The summed E-state index contributed by atoms with van der Waals surface area (Å²) in [6, 6.07) is -1.47. The molecule has 0 heterocycles. The maximum Gasteiger partial charge on any atom is 0.472 e. The Bertz CT molecular complexity index is 899. The fourth-order valence-electron chi connectivity index (χ4n) is 5.34. The number of aliphatic carboxylic acids is 1. The fraction of sp³-hybridized carbons (Fsp3) is 0.846. The largest absolute Gasteiger partial charge is 0.480 e. The van der Waals surface area contributed by atoms with E-state index in [0.29, 0.717) is 13.0 Å². The van der Waals surface area contributed by atoms with Crippen molar-refractivity contribution in [3.63, 3.8) is 0 Å². The average molecular weight is 732 g/mol. The maximum absolute atomic E-state index is 12.5. The molecular formula is C39H74NO9P. The lowest BCUT2D eigenvalue weighted by molar-refractivity contribution is -0.154. The zero-order valence-corrected chi connectivity index (χ0v) is 32.6. The Hall–Kier alpha value is -1.55. The highest BCUT2D eigenvalue weighted by Gasteiger charge is 2.27. The lowest BCUT2D eigenvalue weighted by Gasteiger charge is -2.20. The standard InChI is InChI=1S/C39H74NO9P/c1-3-5-7-9-11-13-15-16-17-18-19-20-21-22-24-26-28-30-32-46-33-36(34-47-50(44,45)48-35-37(40)39(42)43)49-38(41)31-29-27-25-23-14-12-10-8-6-4-2/h11,13,16-17,36-37H,3-10,12,14-15,18-35,40H2,1-2H3,(H,42,43)(H,44,45)/b13-11-,17-16-. The molecule has 294 valence electrons. The number of carbonyl (C=O) groups excluding carboxylic acids is 1. The monoisotopic (exact) mass is 732 g/mol. The van der Waals surface area contributed by atoms with Crippen molar-refractivity contribution in [3.8, 4) is 0 Å². The van der Waals surface area contributed by atoms with E-state index in [1.807, 2.05) is 0 Å². The molecule has 0 fully saturated rings. The van der Waals surface area contributed by atoms with Gasteiger partial charge in [-0.3, -0.25) is 18.6 Å². The van der Waals surface area contributed by atoms with Crippen LogP contribution in [0.3, 0.4) is 0 Å². The molecule has 0 saturated heterocycles. The van der Waals surface area contributed by atoms with Crippen molar-refractivity contribution in [3.05, 3.63) is 24.3 Å². The van der Waals surface area contributed by atoms with Crippen LogP contribution in [0.25, 0.3) is 0 Å². The maximum atomic E-state index is 12.5. The summed E-state index contributed by atoms with van der Waals surface area (Å²) in [5.74, 6) is -1.78. The van der Waals surface area contributed by atoms with Crippen molar-refractivity contribution in [2.24, 2.45) is 5.73 Å². The van der Waals surface area contributed by atoms with Gasteiger partial charge >= 0.3 is 19.8 Å². The van der Waals surface area contributed by atoms with Crippen molar-refractivity contribution < 1.29 is 42.7 Å². The van der Waals surface area contributed by atoms with Crippen LogP contribution < -0.4 is 5.73 Å². The molecule has 0 aromatic heterocycles. The van der Waals surface area contributed by atoms with Crippen molar-refractivity contribution in [2.45, 2.75) is 187 Å². The molecular weight excluding hydrogens is 657 g/mol. The van der Waals surface area contributed by atoms with Crippen LogP contribution in [0.2, 0.25) is 0 Å². The van der Waals surface area contributed by atoms with E-state index in [2.05, 4.69) is 38.2 Å². The number of esters is 1. The van der Waals surface area contributed by atoms with Gasteiger partial charge in [0.15, 0.2) is 0 Å². The summed E-state index contributed by atoms with van der Waals surface area (Å²) in [6.45, 7) is 3.83. The molecule has 3 atom stereocenters. The van der Waals surface area contributed by atoms with Gasteiger partial charge in [-0.1, -0.05) is 147 Å². The molecule has 0 saturated carbocycles.